The number of aliphatic hydroxyl groups is 1. The van der Waals surface area contributed by atoms with E-state index in [2.05, 4.69) is 21.4 Å². The minimum atomic E-state index is -0.441. The van der Waals surface area contributed by atoms with Gasteiger partial charge in [-0.2, -0.15) is 20.6 Å². The molecule has 0 unspecified atom stereocenters. The van der Waals surface area contributed by atoms with Gasteiger partial charge >= 0.3 is 0 Å². The van der Waals surface area contributed by atoms with Crippen molar-refractivity contribution in [2.45, 2.75) is 37.5 Å². The molecule has 5 rings (SSSR count). The van der Waals surface area contributed by atoms with Gasteiger partial charge in [-0.25, -0.2) is 9.50 Å². The molecule has 0 atom stereocenters. The molecule has 1 fully saturated rings. The summed E-state index contributed by atoms with van der Waals surface area (Å²) >= 11 is 0. The van der Waals surface area contributed by atoms with E-state index in [1.54, 1.807) is 46.6 Å². The summed E-state index contributed by atoms with van der Waals surface area (Å²) in [5.74, 6) is 0.324. The third-order valence-corrected chi connectivity index (χ3v) is 6.16. The second-order valence-corrected chi connectivity index (χ2v) is 8.15. The number of aromatic nitrogens is 7. The van der Waals surface area contributed by atoms with Gasteiger partial charge in [0.05, 0.1) is 65.6 Å². The van der Waals surface area contributed by atoms with Gasteiger partial charge in [-0.3, -0.25) is 9.36 Å². The maximum Gasteiger partial charge on any atom is 0.155 e. The molecule has 0 amide bonds. The Labute approximate surface area is 183 Å². The lowest BCUT2D eigenvalue weighted by Gasteiger charge is -2.45. The number of aryl methyl sites for hydroxylation is 1. The van der Waals surface area contributed by atoms with Gasteiger partial charge in [-0.1, -0.05) is 0 Å². The highest BCUT2D eigenvalue weighted by Gasteiger charge is 2.47. The van der Waals surface area contributed by atoms with Crippen LogP contribution in [0.4, 0.5) is 5.82 Å². The summed E-state index contributed by atoms with van der Waals surface area (Å²) in [5.41, 5.74) is 9.79. The number of nitriles is 1. The standard InChI is InChI=1S/C21H23N9O2/c1-28-9-14(17(12-31)26-28)16-11-29-18(3-6-24-29)19(25-16)15-10-30(27-20(15)23)21(4-5-22)7-13(8-21)32-2/h3,6,9-11,13,31H,4,7-8,12H2,1-2H3,(H2,23,27). The quantitative estimate of drug-likeness (QED) is 0.465. The van der Waals surface area contributed by atoms with Gasteiger partial charge in [0.15, 0.2) is 5.82 Å². The van der Waals surface area contributed by atoms with Crippen molar-refractivity contribution in [1.29, 1.82) is 5.26 Å². The van der Waals surface area contributed by atoms with Crippen LogP contribution in [0.2, 0.25) is 0 Å². The Bertz CT molecular complexity index is 1340. The molecule has 0 saturated heterocycles. The second-order valence-electron chi connectivity index (χ2n) is 8.15. The zero-order chi connectivity index (χ0) is 22.5. The molecular weight excluding hydrogens is 410 g/mol. The third kappa shape index (κ3) is 3.04. The Morgan fingerprint density at radius 1 is 1.28 bits per heavy atom. The molecule has 1 saturated carbocycles. The molecule has 0 aromatic carbocycles. The van der Waals surface area contributed by atoms with Crippen molar-refractivity contribution in [3.8, 4) is 28.6 Å². The first-order valence-electron chi connectivity index (χ1n) is 10.2. The van der Waals surface area contributed by atoms with E-state index in [4.69, 9.17) is 15.5 Å². The van der Waals surface area contributed by atoms with E-state index in [9.17, 15) is 10.4 Å². The van der Waals surface area contributed by atoms with Crippen LogP contribution in [0, 0.1) is 11.3 Å². The highest BCUT2D eigenvalue weighted by Crippen LogP contribution is 2.44. The highest BCUT2D eigenvalue weighted by molar-refractivity contribution is 5.84. The van der Waals surface area contributed by atoms with Crippen molar-refractivity contribution in [2.75, 3.05) is 12.8 Å². The third-order valence-electron chi connectivity index (χ3n) is 6.16. The van der Waals surface area contributed by atoms with Crippen molar-refractivity contribution in [3.63, 3.8) is 0 Å². The lowest BCUT2D eigenvalue weighted by molar-refractivity contribution is -0.0540. The number of rotatable bonds is 6. The fourth-order valence-electron chi connectivity index (χ4n) is 4.45. The molecule has 164 valence electrons. The van der Waals surface area contributed by atoms with E-state index < -0.39 is 5.54 Å². The molecule has 0 radical (unpaired) electrons. The topological polar surface area (TPSA) is 145 Å². The Morgan fingerprint density at radius 2 is 2.09 bits per heavy atom. The molecule has 0 spiro atoms. The second kappa shape index (κ2) is 7.44. The fraction of sp³-hybridized carbons (Fsp3) is 0.381. The first-order valence-corrected chi connectivity index (χ1v) is 10.2. The van der Waals surface area contributed by atoms with Gasteiger partial charge in [0.2, 0.25) is 0 Å². The summed E-state index contributed by atoms with van der Waals surface area (Å²) in [4.78, 5) is 4.86. The molecule has 4 aromatic heterocycles. The van der Waals surface area contributed by atoms with Crippen LogP contribution >= 0.6 is 0 Å². The van der Waals surface area contributed by atoms with Crippen molar-refractivity contribution in [2.24, 2.45) is 7.05 Å². The maximum absolute atomic E-state index is 9.72. The van der Waals surface area contributed by atoms with Gasteiger partial charge in [-0.15, -0.1) is 0 Å². The number of hydrogen-bond donors (Lipinski definition) is 2. The lowest BCUT2D eigenvalue weighted by Crippen LogP contribution is -2.50. The van der Waals surface area contributed by atoms with Crippen LogP contribution in [0.15, 0.2) is 30.9 Å². The molecule has 32 heavy (non-hydrogen) atoms. The minimum Gasteiger partial charge on any atom is -0.390 e. The number of anilines is 1. The Hall–Kier alpha value is -3.75. The normalized spacial score (nSPS) is 20.4. The molecule has 4 heterocycles. The summed E-state index contributed by atoms with van der Waals surface area (Å²) in [6.07, 6.45) is 8.95. The number of methoxy groups -OCH3 is 1. The van der Waals surface area contributed by atoms with Crippen molar-refractivity contribution < 1.29 is 9.84 Å². The van der Waals surface area contributed by atoms with E-state index in [0.717, 1.165) is 5.52 Å². The van der Waals surface area contributed by atoms with Crippen LogP contribution in [-0.4, -0.2) is 52.5 Å². The number of hydrogen-bond acceptors (Lipinski definition) is 8. The monoisotopic (exact) mass is 433 g/mol. The number of nitrogens with two attached hydrogens (primary N) is 1. The zero-order valence-electron chi connectivity index (χ0n) is 17.8. The average Bonchev–Trinajstić information content (AvgIpc) is 3.47. The lowest BCUT2D eigenvalue weighted by atomic mass is 9.72. The molecule has 0 aliphatic heterocycles. The maximum atomic E-state index is 9.72. The predicted molar refractivity (Wildman–Crippen MR) is 115 cm³/mol. The van der Waals surface area contributed by atoms with Crippen molar-refractivity contribution in [1.82, 2.24) is 34.2 Å². The summed E-state index contributed by atoms with van der Waals surface area (Å²) in [5, 5.41) is 32.3. The molecule has 11 nitrogen and oxygen atoms in total. The van der Waals surface area contributed by atoms with Crippen LogP contribution in [0.3, 0.4) is 0 Å². The number of ether oxygens (including phenoxy) is 1. The first-order chi connectivity index (χ1) is 15.5. The fourth-order valence-corrected chi connectivity index (χ4v) is 4.45. The van der Waals surface area contributed by atoms with Gasteiger partial charge in [-0.05, 0) is 18.9 Å². The number of nitrogens with zero attached hydrogens (tertiary/aromatic N) is 8. The van der Waals surface area contributed by atoms with Gasteiger partial charge in [0.1, 0.15) is 5.69 Å². The van der Waals surface area contributed by atoms with Crippen LogP contribution in [0.5, 0.6) is 0 Å². The Kier molecular flexibility index (Phi) is 4.69. The molecule has 1 aliphatic carbocycles. The van der Waals surface area contributed by atoms with Crippen LogP contribution in [-0.2, 0) is 23.9 Å². The molecule has 1 aliphatic rings. The Morgan fingerprint density at radius 3 is 2.81 bits per heavy atom. The van der Waals surface area contributed by atoms with E-state index in [1.165, 1.54) is 0 Å². The number of aliphatic hydroxyl groups excluding tert-OH is 1. The molecule has 11 heteroatoms. The summed E-state index contributed by atoms with van der Waals surface area (Å²) in [6, 6.07) is 4.13. The van der Waals surface area contributed by atoms with E-state index in [-0.39, 0.29) is 12.7 Å². The van der Waals surface area contributed by atoms with Crippen molar-refractivity contribution in [3.05, 3.63) is 36.5 Å². The van der Waals surface area contributed by atoms with Crippen molar-refractivity contribution >= 4 is 11.3 Å². The van der Waals surface area contributed by atoms with Gasteiger partial charge in [0.25, 0.3) is 0 Å². The Balaban J connectivity index is 1.64. The number of nitrogen functional groups attached to an aromatic ring is 1. The van der Waals surface area contributed by atoms with E-state index in [1.807, 2.05) is 12.3 Å². The van der Waals surface area contributed by atoms with Crippen LogP contribution in [0.1, 0.15) is 25.0 Å². The largest absolute Gasteiger partial charge is 0.390 e. The molecular formula is C21H23N9O2. The highest BCUT2D eigenvalue weighted by atomic mass is 16.5. The first kappa shape index (κ1) is 20.2. The van der Waals surface area contributed by atoms with Crippen LogP contribution in [0.25, 0.3) is 28.0 Å². The minimum absolute atomic E-state index is 0.0997. The summed E-state index contributed by atoms with van der Waals surface area (Å²) in [6.45, 7) is -0.207. The van der Waals surface area contributed by atoms with Crippen LogP contribution < -0.4 is 5.73 Å². The van der Waals surface area contributed by atoms with E-state index >= 15 is 0 Å². The average molecular weight is 433 g/mol. The smallest absolute Gasteiger partial charge is 0.155 e. The van der Waals surface area contributed by atoms with Gasteiger partial charge in [0, 0.05) is 32.1 Å². The molecule has 0 bridgehead atoms. The molecule has 4 aromatic rings. The summed E-state index contributed by atoms with van der Waals surface area (Å²) in [7, 11) is 3.47. The SMILES string of the molecule is COC1CC(CC#N)(n2cc(-c3nc(-c4cn(C)nc4CO)cn4nccc34)c(N)n2)C1. The van der Waals surface area contributed by atoms with E-state index in [0.29, 0.717) is 53.3 Å². The number of fused-ring (bicyclic) bond motifs is 1. The molecule has 3 N–H and O–H groups in total. The predicted octanol–water partition coefficient (Wildman–Crippen LogP) is 1.49. The summed E-state index contributed by atoms with van der Waals surface area (Å²) < 4.78 is 10.6. The van der Waals surface area contributed by atoms with Gasteiger partial charge < -0.3 is 15.6 Å². The zero-order valence-corrected chi connectivity index (χ0v) is 17.8.